The van der Waals surface area contributed by atoms with Gasteiger partial charge in [-0.3, -0.25) is 29.4 Å². The fourth-order valence-corrected chi connectivity index (χ4v) is 4.60. The molecule has 1 aliphatic heterocycles. The summed E-state index contributed by atoms with van der Waals surface area (Å²) in [4.78, 5) is 49.1. The predicted octanol–water partition coefficient (Wildman–Crippen LogP) is 5.76. The Morgan fingerprint density at radius 3 is 2.46 bits per heavy atom. The first-order valence-electron chi connectivity index (χ1n) is 10.8. The van der Waals surface area contributed by atoms with E-state index in [-0.39, 0.29) is 27.8 Å². The number of nitro groups is 1. The van der Waals surface area contributed by atoms with Crippen LogP contribution in [0.1, 0.15) is 21.5 Å². The van der Waals surface area contributed by atoms with E-state index in [1.165, 1.54) is 37.5 Å². The Bertz CT molecular complexity index is 1410. The number of carbonyl (C=O) groups is 3. The molecule has 4 rings (SSSR count). The van der Waals surface area contributed by atoms with Gasteiger partial charge in [-0.25, -0.2) is 0 Å². The Morgan fingerprint density at radius 2 is 1.81 bits per heavy atom. The number of imide groups is 1. The lowest BCUT2D eigenvalue weighted by Gasteiger charge is -2.14. The average Bonchev–Trinajstić information content (AvgIpc) is 3.15. The largest absolute Gasteiger partial charge is 0.493 e. The standard InChI is InChI=1S/C26H19ClN2O7S/c1-35-22-12-17(11-20(27)24(22)36-15-16-5-3-2-4-6-16)13-23-25(31)28(26(32)37-23)14-21(30)18-7-9-19(10-8-18)29(33)34/h2-13H,14-15H2,1H3/b23-13-. The Morgan fingerprint density at radius 1 is 1.11 bits per heavy atom. The molecule has 1 saturated heterocycles. The quantitative estimate of drug-likeness (QED) is 0.146. The SMILES string of the molecule is COc1cc(/C=C2\SC(=O)N(CC(=O)c3ccc([N+](=O)[O-])cc3)C2=O)cc(Cl)c1OCc1ccccc1. The van der Waals surface area contributed by atoms with Crippen molar-refractivity contribution in [2.45, 2.75) is 6.61 Å². The second-order valence-electron chi connectivity index (χ2n) is 7.80. The van der Waals surface area contributed by atoms with Gasteiger partial charge in [0.25, 0.3) is 16.8 Å². The molecule has 0 radical (unpaired) electrons. The molecule has 0 saturated carbocycles. The topological polar surface area (TPSA) is 116 Å². The fraction of sp³-hybridized carbons (Fsp3) is 0.115. The highest BCUT2D eigenvalue weighted by atomic mass is 35.5. The minimum absolute atomic E-state index is 0.109. The summed E-state index contributed by atoms with van der Waals surface area (Å²) in [5.41, 5.74) is 1.43. The zero-order chi connectivity index (χ0) is 26.5. The molecule has 9 nitrogen and oxygen atoms in total. The van der Waals surface area contributed by atoms with Crippen LogP contribution in [0.15, 0.2) is 71.6 Å². The van der Waals surface area contributed by atoms with Gasteiger partial charge in [0.1, 0.15) is 6.61 Å². The van der Waals surface area contributed by atoms with Gasteiger partial charge in [0.15, 0.2) is 17.3 Å². The lowest BCUT2D eigenvalue weighted by atomic mass is 10.1. The van der Waals surface area contributed by atoms with Crippen molar-refractivity contribution in [2.24, 2.45) is 0 Å². The predicted molar refractivity (Wildman–Crippen MR) is 139 cm³/mol. The first-order chi connectivity index (χ1) is 17.8. The number of hydrogen-bond donors (Lipinski definition) is 0. The second kappa shape index (κ2) is 11.3. The van der Waals surface area contributed by atoms with E-state index in [0.717, 1.165) is 10.5 Å². The molecule has 0 N–H and O–H groups in total. The van der Waals surface area contributed by atoms with Crippen molar-refractivity contribution in [1.29, 1.82) is 0 Å². The maximum Gasteiger partial charge on any atom is 0.293 e. The van der Waals surface area contributed by atoms with Crippen LogP contribution in [0.2, 0.25) is 5.02 Å². The Balaban J connectivity index is 1.49. The minimum Gasteiger partial charge on any atom is -0.493 e. The monoisotopic (exact) mass is 538 g/mol. The van der Waals surface area contributed by atoms with Crippen LogP contribution >= 0.6 is 23.4 Å². The van der Waals surface area contributed by atoms with E-state index in [2.05, 4.69) is 0 Å². The molecule has 188 valence electrons. The number of carbonyl (C=O) groups excluding carboxylic acids is 3. The molecular weight excluding hydrogens is 520 g/mol. The zero-order valence-corrected chi connectivity index (χ0v) is 21.0. The molecule has 0 bridgehead atoms. The van der Waals surface area contributed by atoms with E-state index in [1.54, 1.807) is 12.1 Å². The number of non-ortho nitro benzene ring substituents is 1. The number of nitro benzene ring substituents is 1. The second-order valence-corrected chi connectivity index (χ2v) is 9.20. The number of thioether (sulfide) groups is 1. The number of benzene rings is 3. The van der Waals surface area contributed by atoms with Gasteiger partial charge in [-0.05, 0) is 53.2 Å². The van der Waals surface area contributed by atoms with Gasteiger partial charge >= 0.3 is 0 Å². The Kier molecular flexibility index (Phi) is 7.90. The van der Waals surface area contributed by atoms with Crippen molar-refractivity contribution in [2.75, 3.05) is 13.7 Å². The van der Waals surface area contributed by atoms with Gasteiger partial charge < -0.3 is 9.47 Å². The number of amides is 2. The van der Waals surface area contributed by atoms with Crippen molar-refractivity contribution >= 4 is 52.1 Å². The van der Waals surface area contributed by atoms with Crippen LogP contribution in [-0.2, 0) is 11.4 Å². The van der Waals surface area contributed by atoms with Gasteiger partial charge in [-0.15, -0.1) is 0 Å². The third kappa shape index (κ3) is 5.99. The third-order valence-electron chi connectivity index (χ3n) is 5.35. The molecule has 0 aromatic heterocycles. The number of rotatable bonds is 9. The normalized spacial score (nSPS) is 14.2. The number of Topliss-reactive ketones (excluding diaryl/α,β-unsaturated/α-hetero) is 1. The first kappa shape index (κ1) is 25.9. The zero-order valence-electron chi connectivity index (χ0n) is 19.4. The molecule has 1 heterocycles. The number of nitrogens with zero attached hydrogens (tertiary/aromatic N) is 2. The maximum atomic E-state index is 12.9. The number of halogens is 1. The number of ether oxygens (including phenoxy) is 2. The van der Waals surface area contributed by atoms with E-state index >= 15 is 0 Å². The van der Waals surface area contributed by atoms with Crippen molar-refractivity contribution in [3.8, 4) is 11.5 Å². The van der Waals surface area contributed by atoms with Crippen molar-refractivity contribution in [3.63, 3.8) is 0 Å². The van der Waals surface area contributed by atoms with Crippen molar-refractivity contribution in [1.82, 2.24) is 4.90 Å². The van der Waals surface area contributed by atoms with E-state index < -0.39 is 28.4 Å². The van der Waals surface area contributed by atoms with Crippen LogP contribution in [0.25, 0.3) is 6.08 Å². The van der Waals surface area contributed by atoms with Crippen LogP contribution in [0.3, 0.4) is 0 Å². The molecule has 3 aromatic rings. The highest BCUT2D eigenvalue weighted by molar-refractivity contribution is 8.18. The maximum absolute atomic E-state index is 12.9. The summed E-state index contributed by atoms with van der Waals surface area (Å²) in [5, 5.41) is 10.4. The van der Waals surface area contributed by atoms with E-state index in [4.69, 9.17) is 21.1 Å². The lowest BCUT2D eigenvalue weighted by Crippen LogP contribution is -2.33. The molecule has 0 spiro atoms. The number of ketones is 1. The van der Waals surface area contributed by atoms with E-state index in [0.29, 0.717) is 28.8 Å². The molecule has 1 aliphatic rings. The molecule has 37 heavy (non-hydrogen) atoms. The summed E-state index contributed by atoms with van der Waals surface area (Å²) in [7, 11) is 1.46. The highest BCUT2D eigenvalue weighted by Crippen LogP contribution is 2.39. The molecule has 3 aromatic carbocycles. The van der Waals surface area contributed by atoms with Crippen LogP contribution in [-0.4, -0.2) is 40.4 Å². The van der Waals surface area contributed by atoms with Crippen LogP contribution in [0.5, 0.6) is 11.5 Å². The van der Waals surface area contributed by atoms with Gasteiger partial charge in [0.2, 0.25) is 0 Å². The summed E-state index contributed by atoms with van der Waals surface area (Å²) in [6.45, 7) is -0.214. The third-order valence-corrected chi connectivity index (χ3v) is 6.54. The molecular formula is C26H19ClN2O7S. The smallest absolute Gasteiger partial charge is 0.293 e. The van der Waals surface area contributed by atoms with Crippen molar-refractivity contribution in [3.05, 3.63) is 103 Å². The van der Waals surface area contributed by atoms with Crippen LogP contribution in [0.4, 0.5) is 10.5 Å². The van der Waals surface area contributed by atoms with Gasteiger partial charge in [-0.1, -0.05) is 41.9 Å². The van der Waals surface area contributed by atoms with Gasteiger partial charge in [0.05, 0.1) is 28.5 Å². The Hall–Kier alpha value is -4.15. The van der Waals surface area contributed by atoms with E-state index in [1.807, 2.05) is 30.3 Å². The van der Waals surface area contributed by atoms with Crippen LogP contribution in [0, 0.1) is 10.1 Å². The Labute approximate surface area is 220 Å². The van der Waals surface area contributed by atoms with Crippen molar-refractivity contribution < 1.29 is 28.8 Å². The first-order valence-corrected chi connectivity index (χ1v) is 12.0. The lowest BCUT2D eigenvalue weighted by molar-refractivity contribution is -0.384. The number of hydrogen-bond acceptors (Lipinski definition) is 8. The minimum atomic E-state index is -0.634. The average molecular weight is 539 g/mol. The molecule has 2 amide bonds. The number of methoxy groups -OCH3 is 1. The summed E-state index contributed by atoms with van der Waals surface area (Å²) >= 11 is 7.13. The summed E-state index contributed by atoms with van der Waals surface area (Å²) in [6, 6.07) is 17.7. The molecule has 1 fully saturated rings. The van der Waals surface area contributed by atoms with Gasteiger partial charge in [-0.2, -0.15) is 0 Å². The van der Waals surface area contributed by atoms with Crippen LogP contribution < -0.4 is 9.47 Å². The summed E-state index contributed by atoms with van der Waals surface area (Å²) in [5.74, 6) is -0.470. The summed E-state index contributed by atoms with van der Waals surface area (Å²) in [6.07, 6.45) is 1.48. The van der Waals surface area contributed by atoms with E-state index in [9.17, 15) is 24.5 Å². The molecule has 0 unspecified atom stereocenters. The molecule has 0 aliphatic carbocycles. The van der Waals surface area contributed by atoms with Gasteiger partial charge in [0, 0.05) is 17.7 Å². The molecule has 11 heteroatoms. The fourth-order valence-electron chi connectivity index (χ4n) is 3.48. The summed E-state index contributed by atoms with van der Waals surface area (Å²) < 4.78 is 11.3. The highest BCUT2D eigenvalue weighted by Gasteiger charge is 2.36. The molecule has 0 atom stereocenters.